The summed E-state index contributed by atoms with van der Waals surface area (Å²) in [5, 5.41) is 7.25. The minimum Gasteiger partial charge on any atom is -0.376 e. The number of piperidine rings is 1. The second-order valence-electron chi connectivity index (χ2n) is 8.81. The molecule has 0 spiro atoms. The number of nitrogens with zero attached hydrogens (tertiary/aromatic N) is 4. The maximum absolute atomic E-state index is 12.6. The van der Waals surface area contributed by atoms with Gasteiger partial charge in [-0.25, -0.2) is 4.98 Å². The average Bonchev–Trinajstić information content (AvgIpc) is 3.56. The molecule has 1 aromatic carbocycles. The number of pyridine rings is 1. The quantitative estimate of drug-likeness (QED) is 0.617. The number of anilines is 1. The summed E-state index contributed by atoms with van der Waals surface area (Å²) in [5.74, 6) is 1.97. The Hall–Kier alpha value is -3.26. The molecule has 0 aliphatic carbocycles. The molecule has 2 aliphatic rings. The van der Waals surface area contributed by atoms with Gasteiger partial charge in [0.1, 0.15) is 5.82 Å². The van der Waals surface area contributed by atoms with Gasteiger partial charge >= 0.3 is 0 Å². The number of rotatable bonds is 6. The number of ether oxygens (including phenoxy) is 1. The number of hydrogen-bond donors (Lipinski definition) is 1. The molecule has 3 aromatic rings. The highest BCUT2D eigenvalue weighted by molar-refractivity contribution is 5.79. The molecule has 4 heterocycles. The van der Waals surface area contributed by atoms with Crippen LogP contribution in [-0.2, 0) is 9.53 Å². The molecule has 1 unspecified atom stereocenters. The fourth-order valence-electron chi connectivity index (χ4n) is 4.49. The van der Waals surface area contributed by atoms with Gasteiger partial charge in [0, 0.05) is 43.9 Å². The lowest BCUT2D eigenvalue weighted by Gasteiger charge is -2.33. The lowest BCUT2D eigenvalue weighted by molar-refractivity contribution is -0.126. The van der Waals surface area contributed by atoms with Crippen LogP contribution in [0.4, 0.5) is 5.82 Å². The average molecular weight is 448 g/mol. The van der Waals surface area contributed by atoms with Crippen molar-refractivity contribution in [2.45, 2.75) is 38.7 Å². The molecule has 2 aromatic heterocycles. The number of benzene rings is 1. The van der Waals surface area contributed by atoms with Crippen LogP contribution >= 0.6 is 0 Å². The zero-order chi connectivity index (χ0) is 22.6. The van der Waals surface area contributed by atoms with E-state index in [4.69, 9.17) is 9.26 Å². The maximum Gasteiger partial charge on any atom is 0.261 e. The van der Waals surface area contributed by atoms with Crippen molar-refractivity contribution < 1.29 is 14.1 Å². The largest absolute Gasteiger partial charge is 0.376 e. The first-order chi connectivity index (χ1) is 16.2. The molecule has 2 fully saturated rings. The molecule has 5 rings (SSSR count). The molecule has 8 heteroatoms. The first-order valence-corrected chi connectivity index (χ1v) is 11.7. The summed E-state index contributed by atoms with van der Waals surface area (Å²) >= 11 is 0. The lowest BCUT2D eigenvalue weighted by atomic mass is 9.95. The standard InChI is InChI=1S/C25H29N5O3/c1-17-6-8-18(9-7-17)22-28-25(33-29-22)21-5-2-12-26-23(21)30-13-10-19(11-14-30)24(31)27-16-20-4-3-15-32-20/h2,5-9,12,19-20H,3-4,10-11,13-16H2,1H3,(H,27,31). The number of carbonyl (C=O) groups is 1. The number of aromatic nitrogens is 3. The first kappa shape index (κ1) is 21.6. The Labute approximate surface area is 193 Å². The van der Waals surface area contributed by atoms with Gasteiger partial charge in [0.05, 0.1) is 11.7 Å². The van der Waals surface area contributed by atoms with Crippen molar-refractivity contribution in [2.24, 2.45) is 5.92 Å². The Morgan fingerprint density at radius 3 is 2.73 bits per heavy atom. The molecule has 8 nitrogen and oxygen atoms in total. The smallest absolute Gasteiger partial charge is 0.261 e. The van der Waals surface area contributed by atoms with Crippen LogP contribution < -0.4 is 10.2 Å². The molecule has 0 radical (unpaired) electrons. The van der Waals surface area contributed by atoms with Gasteiger partial charge in [0.2, 0.25) is 11.7 Å². The van der Waals surface area contributed by atoms with Crippen LogP contribution in [0.25, 0.3) is 22.8 Å². The second kappa shape index (κ2) is 9.70. The van der Waals surface area contributed by atoms with E-state index in [1.165, 1.54) is 5.56 Å². The fourth-order valence-corrected chi connectivity index (χ4v) is 4.49. The third-order valence-corrected chi connectivity index (χ3v) is 6.45. The van der Waals surface area contributed by atoms with Crippen LogP contribution in [0.5, 0.6) is 0 Å². The Kier molecular flexibility index (Phi) is 6.35. The Balaban J connectivity index is 1.24. The summed E-state index contributed by atoms with van der Waals surface area (Å²) in [5.41, 5.74) is 2.90. The molecule has 1 N–H and O–H groups in total. The zero-order valence-electron chi connectivity index (χ0n) is 18.9. The second-order valence-corrected chi connectivity index (χ2v) is 8.81. The van der Waals surface area contributed by atoms with Gasteiger partial charge < -0.3 is 19.5 Å². The Morgan fingerprint density at radius 2 is 1.97 bits per heavy atom. The molecule has 1 atom stereocenters. The van der Waals surface area contributed by atoms with Crippen molar-refractivity contribution in [1.29, 1.82) is 0 Å². The molecule has 2 saturated heterocycles. The number of nitrogens with one attached hydrogen (secondary N) is 1. The van der Waals surface area contributed by atoms with Gasteiger partial charge in [-0.05, 0) is 44.7 Å². The van der Waals surface area contributed by atoms with Crippen molar-refractivity contribution in [3.63, 3.8) is 0 Å². The molecule has 33 heavy (non-hydrogen) atoms. The molecule has 2 aliphatic heterocycles. The fraction of sp³-hybridized carbons (Fsp3) is 0.440. The zero-order valence-corrected chi connectivity index (χ0v) is 18.9. The minimum absolute atomic E-state index is 0.0198. The predicted molar refractivity (Wildman–Crippen MR) is 125 cm³/mol. The molecule has 0 bridgehead atoms. The highest BCUT2D eigenvalue weighted by atomic mass is 16.5. The van der Waals surface area contributed by atoms with E-state index in [1.54, 1.807) is 6.20 Å². The van der Waals surface area contributed by atoms with Gasteiger partial charge in [0.15, 0.2) is 0 Å². The summed E-state index contributed by atoms with van der Waals surface area (Å²) in [7, 11) is 0. The van der Waals surface area contributed by atoms with E-state index in [2.05, 4.69) is 25.3 Å². The third kappa shape index (κ3) is 4.90. The van der Waals surface area contributed by atoms with Crippen LogP contribution in [-0.4, -0.2) is 53.4 Å². The summed E-state index contributed by atoms with van der Waals surface area (Å²) in [6.45, 7) is 4.97. The highest BCUT2D eigenvalue weighted by Crippen LogP contribution is 2.32. The van der Waals surface area contributed by atoms with E-state index >= 15 is 0 Å². The number of amides is 1. The van der Waals surface area contributed by atoms with Crippen molar-refractivity contribution in [3.05, 3.63) is 48.2 Å². The Bertz CT molecular complexity index is 1080. The molecule has 172 valence electrons. The van der Waals surface area contributed by atoms with E-state index in [0.717, 1.165) is 62.3 Å². The topological polar surface area (TPSA) is 93.4 Å². The van der Waals surface area contributed by atoms with Gasteiger partial charge in [-0.3, -0.25) is 4.79 Å². The van der Waals surface area contributed by atoms with Crippen LogP contribution in [0.3, 0.4) is 0 Å². The van der Waals surface area contributed by atoms with Crippen LogP contribution in [0.2, 0.25) is 0 Å². The number of hydrogen-bond acceptors (Lipinski definition) is 7. The summed E-state index contributed by atoms with van der Waals surface area (Å²) in [6.07, 6.45) is 5.62. The van der Waals surface area contributed by atoms with Gasteiger partial charge in [-0.15, -0.1) is 0 Å². The van der Waals surface area contributed by atoms with Gasteiger partial charge in [-0.2, -0.15) is 4.98 Å². The SMILES string of the molecule is Cc1ccc(-c2noc(-c3cccnc3N3CCC(C(=O)NCC4CCCO4)CC3)n2)cc1. The predicted octanol–water partition coefficient (Wildman–Crippen LogP) is 3.62. The highest BCUT2D eigenvalue weighted by Gasteiger charge is 2.28. The number of aryl methyl sites for hydroxylation is 1. The van der Waals surface area contributed by atoms with Crippen LogP contribution in [0.15, 0.2) is 47.1 Å². The van der Waals surface area contributed by atoms with Gasteiger partial charge in [0.25, 0.3) is 5.89 Å². The van der Waals surface area contributed by atoms with Crippen molar-refractivity contribution >= 4 is 11.7 Å². The Morgan fingerprint density at radius 1 is 1.15 bits per heavy atom. The molecular weight excluding hydrogens is 418 g/mol. The van der Waals surface area contributed by atoms with E-state index in [0.29, 0.717) is 18.3 Å². The van der Waals surface area contributed by atoms with Gasteiger partial charge in [-0.1, -0.05) is 35.0 Å². The van der Waals surface area contributed by atoms with E-state index in [1.807, 2.05) is 43.3 Å². The summed E-state index contributed by atoms with van der Waals surface area (Å²) in [4.78, 5) is 24.0. The van der Waals surface area contributed by atoms with E-state index in [-0.39, 0.29) is 17.9 Å². The van der Waals surface area contributed by atoms with Crippen molar-refractivity contribution in [1.82, 2.24) is 20.4 Å². The van der Waals surface area contributed by atoms with Crippen molar-refractivity contribution in [3.8, 4) is 22.8 Å². The molecule has 0 saturated carbocycles. The third-order valence-electron chi connectivity index (χ3n) is 6.45. The maximum atomic E-state index is 12.6. The minimum atomic E-state index is 0.0198. The monoisotopic (exact) mass is 447 g/mol. The molecular formula is C25H29N5O3. The lowest BCUT2D eigenvalue weighted by Crippen LogP contribution is -2.42. The first-order valence-electron chi connectivity index (χ1n) is 11.7. The summed E-state index contributed by atoms with van der Waals surface area (Å²) in [6, 6.07) is 11.9. The van der Waals surface area contributed by atoms with E-state index < -0.39 is 0 Å². The molecule has 1 amide bonds. The van der Waals surface area contributed by atoms with Crippen LogP contribution in [0, 0.1) is 12.8 Å². The van der Waals surface area contributed by atoms with E-state index in [9.17, 15) is 4.79 Å². The van der Waals surface area contributed by atoms with Crippen LogP contribution in [0.1, 0.15) is 31.2 Å². The normalized spacial score (nSPS) is 19.1. The van der Waals surface area contributed by atoms with Crippen molar-refractivity contribution in [2.75, 3.05) is 31.1 Å². The summed E-state index contributed by atoms with van der Waals surface area (Å²) < 4.78 is 11.2. The number of carbonyl (C=O) groups excluding carboxylic acids is 1.